The van der Waals surface area contributed by atoms with Gasteiger partial charge in [0.15, 0.2) is 0 Å². The fourth-order valence-corrected chi connectivity index (χ4v) is 1.03. The van der Waals surface area contributed by atoms with E-state index in [4.69, 9.17) is 0 Å². The fraction of sp³-hybridized carbons (Fsp3) is 0.111. The van der Waals surface area contributed by atoms with Crippen molar-refractivity contribution in [2.75, 3.05) is 0 Å². The van der Waals surface area contributed by atoms with Gasteiger partial charge in [-0.15, -0.1) is 4.91 Å². The zero-order valence-corrected chi connectivity index (χ0v) is 6.71. The molecule has 0 amide bonds. The fourth-order valence-electron chi connectivity index (χ4n) is 1.03. The van der Waals surface area contributed by atoms with Crippen LogP contribution in [0.5, 0.6) is 0 Å². The first-order valence-electron chi connectivity index (χ1n) is 3.66. The van der Waals surface area contributed by atoms with Gasteiger partial charge in [0, 0.05) is 0 Å². The topological polar surface area (TPSA) is 63.6 Å². The lowest BCUT2D eigenvalue weighted by Gasteiger charge is -2.03. The number of hydrogen-bond acceptors (Lipinski definition) is 4. The van der Waals surface area contributed by atoms with E-state index in [0.717, 1.165) is 0 Å². The average molecular weight is 177 g/mol. The van der Waals surface area contributed by atoms with Crippen molar-refractivity contribution >= 4 is 18.3 Å². The molecule has 4 nitrogen and oxygen atoms in total. The summed E-state index contributed by atoms with van der Waals surface area (Å²) in [4.78, 5) is 31.1. The molecular formula is C9H7NO3. The molecule has 0 bridgehead atoms. The molecular weight excluding hydrogens is 170 g/mol. The first-order valence-corrected chi connectivity index (χ1v) is 3.66. The molecule has 1 aromatic rings. The Balaban J connectivity index is 3.17. The Bertz CT molecular complexity index is 327. The highest BCUT2D eigenvalue weighted by molar-refractivity contribution is 5.87. The number of benzene rings is 1. The molecule has 0 spiro atoms. The SMILES string of the molecule is O=CC(C=O)c1ccccc1N=O. The lowest BCUT2D eigenvalue weighted by Crippen LogP contribution is -2.01. The van der Waals surface area contributed by atoms with Crippen molar-refractivity contribution in [3.63, 3.8) is 0 Å². The summed E-state index contributed by atoms with van der Waals surface area (Å²) in [7, 11) is 0. The van der Waals surface area contributed by atoms with Crippen LogP contribution in [0.15, 0.2) is 29.4 Å². The van der Waals surface area contributed by atoms with Crippen LogP contribution < -0.4 is 0 Å². The zero-order chi connectivity index (χ0) is 9.68. The predicted octanol–water partition coefficient (Wildman–Crippen LogP) is 1.57. The Morgan fingerprint density at radius 1 is 1.15 bits per heavy atom. The van der Waals surface area contributed by atoms with E-state index in [1.165, 1.54) is 12.1 Å². The van der Waals surface area contributed by atoms with Crippen LogP contribution in [0.3, 0.4) is 0 Å². The van der Waals surface area contributed by atoms with Crippen molar-refractivity contribution in [1.82, 2.24) is 0 Å². The molecule has 13 heavy (non-hydrogen) atoms. The maximum absolute atomic E-state index is 10.4. The summed E-state index contributed by atoms with van der Waals surface area (Å²) in [5, 5.41) is 2.72. The molecule has 0 aliphatic rings. The van der Waals surface area contributed by atoms with Gasteiger partial charge in [0.2, 0.25) is 0 Å². The van der Waals surface area contributed by atoms with E-state index < -0.39 is 5.92 Å². The van der Waals surface area contributed by atoms with E-state index in [2.05, 4.69) is 5.18 Å². The maximum atomic E-state index is 10.4. The Morgan fingerprint density at radius 3 is 2.31 bits per heavy atom. The predicted molar refractivity (Wildman–Crippen MR) is 46.8 cm³/mol. The highest BCUT2D eigenvalue weighted by atomic mass is 16.3. The van der Waals surface area contributed by atoms with Gasteiger partial charge in [0.1, 0.15) is 18.3 Å². The first kappa shape index (κ1) is 9.25. The van der Waals surface area contributed by atoms with Gasteiger partial charge >= 0.3 is 0 Å². The van der Waals surface area contributed by atoms with Crippen LogP contribution in [0.4, 0.5) is 5.69 Å². The number of aldehydes is 2. The standard InChI is InChI=1S/C9H7NO3/c11-5-7(6-12)8-3-1-2-4-9(8)10-13/h1-7H. The van der Waals surface area contributed by atoms with Gasteiger partial charge in [0.05, 0.1) is 5.92 Å². The second-order valence-electron chi connectivity index (χ2n) is 2.45. The number of hydrogen-bond donors (Lipinski definition) is 0. The van der Waals surface area contributed by atoms with Gasteiger partial charge in [-0.1, -0.05) is 18.2 Å². The van der Waals surface area contributed by atoms with Crippen molar-refractivity contribution < 1.29 is 9.59 Å². The van der Waals surface area contributed by atoms with Gasteiger partial charge in [-0.25, -0.2) is 0 Å². The second kappa shape index (κ2) is 4.25. The molecule has 0 heterocycles. The van der Waals surface area contributed by atoms with E-state index in [-0.39, 0.29) is 5.69 Å². The summed E-state index contributed by atoms with van der Waals surface area (Å²) in [6, 6.07) is 6.25. The molecule has 0 saturated heterocycles. The van der Waals surface area contributed by atoms with Gasteiger partial charge in [-0.2, -0.15) is 0 Å². The molecule has 1 rings (SSSR count). The third-order valence-electron chi connectivity index (χ3n) is 1.69. The highest BCUT2D eigenvalue weighted by Gasteiger charge is 2.13. The first-order chi connectivity index (χ1) is 6.33. The number of nitroso groups, excluding NO2 is 1. The Hall–Kier alpha value is -1.84. The molecule has 0 aromatic heterocycles. The molecule has 0 fully saturated rings. The van der Waals surface area contributed by atoms with Gasteiger partial charge in [-0.3, -0.25) is 0 Å². The van der Waals surface area contributed by atoms with Crippen LogP contribution in [0.25, 0.3) is 0 Å². The molecule has 66 valence electrons. The summed E-state index contributed by atoms with van der Waals surface area (Å²) in [6.07, 6.45) is 0.966. The third-order valence-corrected chi connectivity index (χ3v) is 1.69. The van der Waals surface area contributed by atoms with Crippen LogP contribution in [0.1, 0.15) is 11.5 Å². The van der Waals surface area contributed by atoms with Crippen LogP contribution in [-0.2, 0) is 9.59 Å². The zero-order valence-electron chi connectivity index (χ0n) is 6.71. The maximum Gasteiger partial charge on any atom is 0.134 e. The minimum atomic E-state index is -0.895. The van der Waals surface area contributed by atoms with E-state index in [9.17, 15) is 14.5 Å². The normalized spacial score (nSPS) is 9.62. The minimum absolute atomic E-state index is 0.131. The summed E-state index contributed by atoms with van der Waals surface area (Å²) in [5.74, 6) is -0.895. The Labute approximate surface area is 74.5 Å². The highest BCUT2D eigenvalue weighted by Crippen LogP contribution is 2.23. The van der Waals surface area contributed by atoms with E-state index in [0.29, 0.717) is 18.1 Å². The number of carbonyl (C=O) groups excluding carboxylic acids is 2. The van der Waals surface area contributed by atoms with Gasteiger partial charge in [-0.05, 0) is 16.8 Å². The third kappa shape index (κ3) is 1.84. The minimum Gasteiger partial charge on any atom is -0.302 e. The summed E-state index contributed by atoms with van der Waals surface area (Å²) in [5.41, 5.74) is 0.481. The molecule has 0 radical (unpaired) electrons. The Kier molecular flexibility index (Phi) is 3.03. The number of rotatable bonds is 4. The summed E-state index contributed by atoms with van der Waals surface area (Å²) >= 11 is 0. The van der Waals surface area contributed by atoms with Crippen molar-refractivity contribution in [3.8, 4) is 0 Å². The monoisotopic (exact) mass is 177 g/mol. The van der Waals surface area contributed by atoms with Crippen LogP contribution in [0, 0.1) is 4.91 Å². The Morgan fingerprint density at radius 2 is 1.77 bits per heavy atom. The van der Waals surface area contributed by atoms with Crippen molar-refractivity contribution in [1.29, 1.82) is 0 Å². The van der Waals surface area contributed by atoms with Crippen molar-refractivity contribution in [3.05, 3.63) is 34.7 Å². The van der Waals surface area contributed by atoms with Crippen LogP contribution in [0.2, 0.25) is 0 Å². The molecule has 0 N–H and O–H groups in total. The lowest BCUT2D eigenvalue weighted by atomic mass is 10.0. The van der Waals surface area contributed by atoms with Crippen LogP contribution >= 0.6 is 0 Å². The molecule has 0 aliphatic carbocycles. The average Bonchev–Trinajstić information content (AvgIpc) is 2.20. The molecule has 0 atom stereocenters. The van der Waals surface area contributed by atoms with Crippen LogP contribution in [-0.4, -0.2) is 12.6 Å². The molecule has 1 aromatic carbocycles. The molecule has 0 aliphatic heterocycles. The van der Waals surface area contributed by atoms with E-state index in [1.54, 1.807) is 12.1 Å². The van der Waals surface area contributed by atoms with Gasteiger partial charge in [0.25, 0.3) is 0 Å². The summed E-state index contributed by atoms with van der Waals surface area (Å²) < 4.78 is 0. The van der Waals surface area contributed by atoms with Gasteiger partial charge < -0.3 is 9.59 Å². The molecule has 0 unspecified atom stereocenters. The largest absolute Gasteiger partial charge is 0.302 e. The van der Waals surface area contributed by atoms with E-state index >= 15 is 0 Å². The van der Waals surface area contributed by atoms with E-state index in [1.807, 2.05) is 0 Å². The quantitative estimate of drug-likeness (QED) is 0.398. The molecule has 0 saturated carbocycles. The van der Waals surface area contributed by atoms with Crippen molar-refractivity contribution in [2.24, 2.45) is 5.18 Å². The lowest BCUT2D eigenvalue weighted by molar-refractivity contribution is -0.116. The van der Waals surface area contributed by atoms with Crippen molar-refractivity contribution in [2.45, 2.75) is 5.92 Å². The summed E-state index contributed by atoms with van der Waals surface area (Å²) in [6.45, 7) is 0. The smallest absolute Gasteiger partial charge is 0.134 e. The number of nitrogens with zero attached hydrogens (tertiary/aromatic N) is 1. The number of carbonyl (C=O) groups is 2. The second-order valence-corrected chi connectivity index (χ2v) is 2.45. The molecule has 4 heteroatoms.